The van der Waals surface area contributed by atoms with E-state index in [2.05, 4.69) is 6.92 Å². The molecule has 152 valence electrons. The van der Waals surface area contributed by atoms with Gasteiger partial charge >= 0.3 is 17.9 Å². The van der Waals surface area contributed by atoms with E-state index in [9.17, 15) is 24.6 Å². The van der Waals surface area contributed by atoms with Gasteiger partial charge in [-0.25, -0.2) is 0 Å². The molecule has 1 unspecified atom stereocenters. The lowest BCUT2D eigenvalue weighted by atomic mass is 9.72. The lowest BCUT2D eigenvalue weighted by Gasteiger charge is -2.28. The van der Waals surface area contributed by atoms with Crippen LogP contribution in [0, 0.1) is 11.3 Å². The maximum atomic E-state index is 11.5. The summed E-state index contributed by atoms with van der Waals surface area (Å²) in [6.45, 7) is 3.37. The third kappa shape index (κ3) is 8.19. The van der Waals surface area contributed by atoms with Crippen molar-refractivity contribution in [1.29, 1.82) is 0 Å². The van der Waals surface area contributed by atoms with Crippen molar-refractivity contribution < 1.29 is 29.7 Å². The summed E-state index contributed by atoms with van der Waals surface area (Å²) in [4.78, 5) is 34.1. The largest absolute Gasteiger partial charge is 0.481 e. The second-order valence-corrected chi connectivity index (χ2v) is 7.28. The molecule has 0 saturated carbocycles. The molecule has 0 aromatic carbocycles. The van der Waals surface area contributed by atoms with Gasteiger partial charge in [-0.05, 0) is 6.42 Å². The minimum Gasteiger partial charge on any atom is -0.481 e. The smallest absolute Gasteiger partial charge is 0.321 e. The van der Waals surface area contributed by atoms with Crippen molar-refractivity contribution in [2.75, 3.05) is 0 Å². The molecule has 0 amide bonds. The Labute approximate surface area is 157 Å². The minimum atomic E-state index is -2.25. The van der Waals surface area contributed by atoms with Crippen molar-refractivity contribution in [3.05, 3.63) is 0 Å². The molecule has 0 saturated heterocycles. The van der Waals surface area contributed by atoms with Crippen LogP contribution in [0.5, 0.6) is 0 Å². The molecule has 0 aromatic rings. The molecule has 3 N–H and O–H groups in total. The average Bonchev–Trinajstić information content (AvgIpc) is 2.58. The van der Waals surface area contributed by atoms with Crippen LogP contribution in [0.1, 0.15) is 97.3 Å². The van der Waals surface area contributed by atoms with Crippen molar-refractivity contribution >= 4 is 17.9 Å². The van der Waals surface area contributed by atoms with Gasteiger partial charge in [0.1, 0.15) is 0 Å². The molecule has 0 radical (unpaired) electrons. The Morgan fingerprint density at radius 1 is 0.692 bits per heavy atom. The zero-order chi connectivity index (χ0) is 20.0. The quantitative estimate of drug-likeness (QED) is 0.246. The molecule has 26 heavy (non-hydrogen) atoms. The predicted molar refractivity (Wildman–Crippen MR) is 100 cm³/mol. The third-order valence-electron chi connectivity index (χ3n) is 5.30. The van der Waals surface area contributed by atoms with Crippen LogP contribution in [0.25, 0.3) is 0 Å². The van der Waals surface area contributed by atoms with E-state index in [4.69, 9.17) is 5.11 Å². The highest BCUT2D eigenvalue weighted by atomic mass is 16.4. The Balaban J connectivity index is 4.06. The number of carboxylic acids is 3. The van der Waals surface area contributed by atoms with Gasteiger partial charge in [0, 0.05) is 0 Å². The summed E-state index contributed by atoms with van der Waals surface area (Å²) >= 11 is 0. The van der Waals surface area contributed by atoms with E-state index in [1.807, 2.05) is 0 Å². The van der Waals surface area contributed by atoms with Gasteiger partial charge in [0.2, 0.25) is 0 Å². The first-order valence-corrected chi connectivity index (χ1v) is 10.00. The number of hydrogen-bond acceptors (Lipinski definition) is 3. The summed E-state index contributed by atoms with van der Waals surface area (Å²) in [6, 6.07) is 0. The Hall–Kier alpha value is -1.59. The van der Waals surface area contributed by atoms with Crippen molar-refractivity contribution in [2.24, 2.45) is 11.3 Å². The van der Waals surface area contributed by atoms with Crippen molar-refractivity contribution in [1.82, 2.24) is 0 Å². The first-order chi connectivity index (χ1) is 12.3. The van der Waals surface area contributed by atoms with Crippen LogP contribution in [0.4, 0.5) is 0 Å². The van der Waals surface area contributed by atoms with E-state index < -0.39 is 29.2 Å². The van der Waals surface area contributed by atoms with Crippen molar-refractivity contribution in [3.8, 4) is 0 Å². The van der Waals surface area contributed by atoms with E-state index in [0.29, 0.717) is 6.42 Å². The molecule has 0 aliphatic heterocycles. The molecule has 0 fully saturated rings. The number of carboxylic acid groups (broad SMARTS) is 3. The zero-order valence-electron chi connectivity index (χ0n) is 16.3. The van der Waals surface area contributed by atoms with E-state index in [1.165, 1.54) is 44.9 Å². The number of hydrogen-bond donors (Lipinski definition) is 3. The lowest BCUT2D eigenvalue weighted by molar-refractivity contribution is -0.176. The summed E-state index contributed by atoms with van der Waals surface area (Å²) in [5.41, 5.74) is -2.25. The van der Waals surface area contributed by atoms with Gasteiger partial charge in [-0.3, -0.25) is 14.4 Å². The molecular weight excluding hydrogens is 336 g/mol. The van der Waals surface area contributed by atoms with Crippen molar-refractivity contribution in [3.63, 3.8) is 0 Å². The summed E-state index contributed by atoms with van der Waals surface area (Å²) < 4.78 is 0. The number of unbranched alkanes of at least 4 members (excludes halogenated alkanes) is 11. The van der Waals surface area contributed by atoms with Gasteiger partial charge in [0.05, 0.1) is 5.92 Å². The van der Waals surface area contributed by atoms with Crippen LogP contribution in [0.3, 0.4) is 0 Å². The zero-order valence-corrected chi connectivity index (χ0v) is 16.3. The van der Waals surface area contributed by atoms with Crippen LogP contribution >= 0.6 is 0 Å². The fourth-order valence-electron chi connectivity index (χ4n) is 3.35. The molecule has 0 spiro atoms. The summed E-state index contributed by atoms with van der Waals surface area (Å²) in [5.74, 6) is -6.00. The van der Waals surface area contributed by atoms with E-state index in [1.54, 1.807) is 0 Å². The summed E-state index contributed by atoms with van der Waals surface area (Å²) in [5, 5.41) is 27.8. The normalized spacial score (nSPS) is 12.7. The Morgan fingerprint density at radius 3 is 1.35 bits per heavy atom. The fourth-order valence-corrected chi connectivity index (χ4v) is 3.35. The molecule has 0 aliphatic carbocycles. The first-order valence-electron chi connectivity index (χ1n) is 10.00. The van der Waals surface area contributed by atoms with Gasteiger partial charge in [-0.15, -0.1) is 0 Å². The third-order valence-corrected chi connectivity index (χ3v) is 5.30. The highest BCUT2D eigenvalue weighted by molar-refractivity contribution is 6.02. The molecule has 0 aliphatic rings. The van der Waals surface area contributed by atoms with E-state index in [-0.39, 0.29) is 6.42 Å². The minimum absolute atomic E-state index is 0.150. The Kier molecular flexibility index (Phi) is 12.8. The Morgan fingerprint density at radius 2 is 1.04 bits per heavy atom. The van der Waals surface area contributed by atoms with Gasteiger partial charge < -0.3 is 15.3 Å². The number of rotatable bonds is 17. The van der Waals surface area contributed by atoms with Gasteiger partial charge in [0.25, 0.3) is 0 Å². The second kappa shape index (κ2) is 13.6. The Bertz CT molecular complexity index is 418. The van der Waals surface area contributed by atoms with Crippen molar-refractivity contribution in [2.45, 2.75) is 97.3 Å². The number of aliphatic carboxylic acids is 3. The molecule has 0 bridgehead atoms. The predicted octanol–water partition coefficient (Wildman–Crippen LogP) is 4.95. The molecule has 1 atom stereocenters. The van der Waals surface area contributed by atoms with Crippen LogP contribution in [0.2, 0.25) is 0 Å². The van der Waals surface area contributed by atoms with Crippen LogP contribution in [-0.2, 0) is 14.4 Å². The average molecular weight is 373 g/mol. The number of carbonyl (C=O) groups is 3. The maximum absolute atomic E-state index is 11.5. The fraction of sp³-hybridized carbons (Fsp3) is 0.850. The summed E-state index contributed by atoms with van der Waals surface area (Å²) in [6.07, 6.45) is 13.0. The van der Waals surface area contributed by atoms with Crippen LogP contribution < -0.4 is 0 Å². The monoisotopic (exact) mass is 372 g/mol. The first kappa shape index (κ1) is 24.4. The standard InChI is InChI=1S/C20H36O6/c1-3-4-5-6-7-8-9-10-11-12-13-14-15-20(18(23)24,19(25)26)16(2)17(21)22/h16H,3-15H2,1-2H3,(H,21,22)(H,23,24)(H,25,26). The molecular formula is C20H36O6. The summed E-state index contributed by atoms with van der Waals surface area (Å²) in [7, 11) is 0. The lowest BCUT2D eigenvalue weighted by Crippen LogP contribution is -2.47. The molecule has 6 nitrogen and oxygen atoms in total. The van der Waals surface area contributed by atoms with Gasteiger partial charge in [-0.2, -0.15) is 0 Å². The van der Waals surface area contributed by atoms with Crippen LogP contribution in [-0.4, -0.2) is 33.2 Å². The SMILES string of the molecule is CCCCCCCCCCCCCCC(C(=O)O)(C(=O)O)C(C)C(=O)O. The topological polar surface area (TPSA) is 112 Å². The highest BCUT2D eigenvalue weighted by Gasteiger charge is 2.53. The second-order valence-electron chi connectivity index (χ2n) is 7.28. The van der Waals surface area contributed by atoms with Gasteiger partial charge in [-0.1, -0.05) is 90.9 Å². The maximum Gasteiger partial charge on any atom is 0.321 e. The van der Waals surface area contributed by atoms with Crippen LogP contribution in [0.15, 0.2) is 0 Å². The highest BCUT2D eigenvalue weighted by Crippen LogP contribution is 2.35. The van der Waals surface area contributed by atoms with E-state index >= 15 is 0 Å². The molecule has 6 heteroatoms. The molecule has 0 heterocycles. The van der Waals surface area contributed by atoms with Gasteiger partial charge in [0.15, 0.2) is 5.41 Å². The molecule has 0 aromatic heterocycles. The molecule has 0 rings (SSSR count). The van der Waals surface area contributed by atoms with E-state index in [0.717, 1.165) is 32.6 Å².